The zero-order valence-corrected chi connectivity index (χ0v) is 12.7. The number of hydrogen-bond acceptors (Lipinski definition) is 5. The Kier molecular flexibility index (Phi) is 6.10. The van der Waals surface area contributed by atoms with Crippen molar-refractivity contribution in [2.75, 3.05) is 32.9 Å². The largest absolute Gasteiger partial charge is 0.393 e. The third-order valence-electron chi connectivity index (χ3n) is 3.09. The van der Waals surface area contributed by atoms with Crippen LogP contribution in [0, 0.1) is 10.1 Å². The van der Waals surface area contributed by atoms with Gasteiger partial charge in [0, 0.05) is 26.7 Å². The highest BCUT2D eigenvalue weighted by Gasteiger charge is 2.15. The molecule has 0 aliphatic carbocycles. The summed E-state index contributed by atoms with van der Waals surface area (Å²) in [6, 6.07) is 4.68. The molecule has 0 aromatic heterocycles. The van der Waals surface area contributed by atoms with E-state index in [4.69, 9.17) is 5.73 Å². The van der Waals surface area contributed by atoms with Crippen LogP contribution in [0.25, 0.3) is 0 Å². The van der Waals surface area contributed by atoms with Crippen LogP contribution in [0.3, 0.4) is 0 Å². The number of hydrogen-bond donors (Lipinski definition) is 1. The predicted octanol–water partition coefficient (Wildman–Crippen LogP) is 1.48. The van der Waals surface area contributed by atoms with Gasteiger partial charge in [0.25, 0.3) is 5.69 Å². The Balaban J connectivity index is 2.81. The number of likely N-dealkylation sites (N-methyl/N-ethyl adjacent to an activating group) is 1. The van der Waals surface area contributed by atoms with Crippen molar-refractivity contribution < 1.29 is 9.72 Å². The summed E-state index contributed by atoms with van der Waals surface area (Å²) in [5.41, 5.74) is 6.60. The summed E-state index contributed by atoms with van der Waals surface area (Å²) in [6.45, 7) is 3.67. The van der Waals surface area contributed by atoms with E-state index in [0.717, 1.165) is 18.5 Å². The first-order chi connectivity index (χ1) is 9.85. The maximum absolute atomic E-state index is 11.8. The lowest BCUT2D eigenvalue weighted by atomic mass is 10.1. The average molecular weight is 294 g/mol. The highest BCUT2D eigenvalue weighted by Crippen LogP contribution is 2.22. The molecule has 0 fully saturated rings. The Labute approximate surface area is 124 Å². The van der Waals surface area contributed by atoms with Crippen molar-refractivity contribution in [1.29, 1.82) is 0 Å². The first-order valence-corrected chi connectivity index (χ1v) is 6.80. The van der Waals surface area contributed by atoms with Gasteiger partial charge in [-0.25, -0.2) is 0 Å². The monoisotopic (exact) mass is 294 g/mol. The van der Waals surface area contributed by atoms with Crippen molar-refractivity contribution in [3.8, 4) is 0 Å². The molecule has 21 heavy (non-hydrogen) atoms. The SMILES string of the molecule is CCCN(CC(=O)N(C)C)Cc1ccc([N+](=O)[O-])c(N)c1. The van der Waals surface area contributed by atoms with Crippen LogP contribution >= 0.6 is 0 Å². The van der Waals surface area contributed by atoms with Crippen LogP contribution in [0.2, 0.25) is 0 Å². The summed E-state index contributed by atoms with van der Waals surface area (Å²) < 4.78 is 0. The fraction of sp³-hybridized carbons (Fsp3) is 0.500. The third kappa shape index (κ3) is 5.03. The second kappa shape index (κ2) is 7.58. The van der Waals surface area contributed by atoms with E-state index in [0.29, 0.717) is 13.1 Å². The van der Waals surface area contributed by atoms with Gasteiger partial charge in [-0.1, -0.05) is 13.0 Å². The van der Waals surface area contributed by atoms with E-state index in [2.05, 4.69) is 0 Å². The molecule has 1 aromatic carbocycles. The average Bonchev–Trinajstić information content (AvgIpc) is 2.38. The normalized spacial score (nSPS) is 10.7. The molecule has 0 heterocycles. The second-order valence-electron chi connectivity index (χ2n) is 5.15. The molecule has 116 valence electrons. The number of nitrogens with two attached hydrogens (primary N) is 1. The molecule has 0 unspecified atom stereocenters. The van der Waals surface area contributed by atoms with Crippen molar-refractivity contribution in [2.24, 2.45) is 0 Å². The van der Waals surface area contributed by atoms with Crippen LogP contribution in [0.1, 0.15) is 18.9 Å². The number of nitrogens with zero attached hydrogens (tertiary/aromatic N) is 3. The summed E-state index contributed by atoms with van der Waals surface area (Å²) in [7, 11) is 3.44. The molecule has 7 nitrogen and oxygen atoms in total. The van der Waals surface area contributed by atoms with Crippen molar-refractivity contribution in [3.05, 3.63) is 33.9 Å². The van der Waals surface area contributed by atoms with Crippen molar-refractivity contribution in [2.45, 2.75) is 19.9 Å². The van der Waals surface area contributed by atoms with Gasteiger partial charge >= 0.3 is 0 Å². The van der Waals surface area contributed by atoms with Gasteiger partial charge < -0.3 is 10.6 Å². The first kappa shape index (κ1) is 16.9. The molecule has 1 aromatic rings. The number of benzene rings is 1. The molecule has 0 saturated heterocycles. The van der Waals surface area contributed by atoms with Gasteiger partial charge in [0.15, 0.2) is 0 Å². The number of carbonyl (C=O) groups is 1. The Morgan fingerprint density at radius 3 is 2.52 bits per heavy atom. The fourth-order valence-corrected chi connectivity index (χ4v) is 1.99. The van der Waals surface area contributed by atoms with Crippen LogP contribution in [0.4, 0.5) is 11.4 Å². The summed E-state index contributed by atoms with van der Waals surface area (Å²) in [5, 5.41) is 10.7. The molecule has 1 rings (SSSR count). The van der Waals surface area contributed by atoms with Gasteiger partial charge in [-0.3, -0.25) is 19.8 Å². The zero-order chi connectivity index (χ0) is 16.0. The standard InChI is InChI=1S/C14H22N4O3/c1-4-7-17(10-14(19)16(2)3)9-11-5-6-13(18(20)21)12(15)8-11/h5-6,8H,4,7,9-10,15H2,1-3H3. The van der Waals surface area contributed by atoms with E-state index in [-0.39, 0.29) is 17.3 Å². The number of nitro groups is 1. The molecule has 0 radical (unpaired) electrons. The van der Waals surface area contributed by atoms with Crippen molar-refractivity contribution in [3.63, 3.8) is 0 Å². The maximum atomic E-state index is 11.8. The second-order valence-corrected chi connectivity index (χ2v) is 5.15. The van der Waals surface area contributed by atoms with E-state index >= 15 is 0 Å². The van der Waals surface area contributed by atoms with E-state index in [1.54, 1.807) is 31.1 Å². The summed E-state index contributed by atoms with van der Waals surface area (Å²) in [4.78, 5) is 25.6. The Morgan fingerprint density at radius 1 is 1.38 bits per heavy atom. The van der Waals surface area contributed by atoms with Gasteiger partial charge in [0.1, 0.15) is 5.69 Å². The Hall–Kier alpha value is -2.15. The van der Waals surface area contributed by atoms with Crippen LogP contribution in [0.15, 0.2) is 18.2 Å². The lowest BCUT2D eigenvalue weighted by Crippen LogP contribution is -2.36. The minimum atomic E-state index is -0.501. The quantitative estimate of drug-likeness (QED) is 0.467. The molecule has 7 heteroatoms. The Bertz CT molecular complexity index is 517. The first-order valence-electron chi connectivity index (χ1n) is 6.80. The minimum Gasteiger partial charge on any atom is -0.393 e. The molecular formula is C14H22N4O3. The van der Waals surface area contributed by atoms with Crippen LogP contribution < -0.4 is 5.73 Å². The van der Waals surface area contributed by atoms with Crippen LogP contribution in [-0.2, 0) is 11.3 Å². The number of anilines is 1. The van der Waals surface area contributed by atoms with Crippen LogP contribution in [-0.4, -0.2) is 47.8 Å². The van der Waals surface area contributed by atoms with E-state index in [1.807, 2.05) is 11.8 Å². The smallest absolute Gasteiger partial charge is 0.292 e. The van der Waals surface area contributed by atoms with Gasteiger partial charge in [-0.15, -0.1) is 0 Å². The molecule has 0 aliphatic heterocycles. The van der Waals surface area contributed by atoms with E-state index in [9.17, 15) is 14.9 Å². The molecule has 0 spiro atoms. The minimum absolute atomic E-state index is 0.0262. The number of carbonyl (C=O) groups excluding carboxylic acids is 1. The molecule has 0 aliphatic rings. The van der Waals surface area contributed by atoms with Gasteiger partial charge in [-0.05, 0) is 24.6 Å². The van der Waals surface area contributed by atoms with Gasteiger partial charge in [0.2, 0.25) is 5.91 Å². The molecule has 0 atom stereocenters. The Morgan fingerprint density at radius 2 is 2.05 bits per heavy atom. The molecular weight excluding hydrogens is 272 g/mol. The summed E-state index contributed by atoms with van der Waals surface area (Å²) in [5.74, 6) is 0.0262. The summed E-state index contributed by atoms with van der Waals surface area (Å²) >= 11 is 0. The lowest BCUT2D eigenvalue weighted by molar-refractivity contribution is -0.383. The van der Waals surface area contributed by atoms with Gasteiger partial charge in [-0.2, -0.15) is 0 Å². The highest BCUT2D eigenvalue weighted by molar-refractivity contribution is 5.77. The van der Waals surface area contributed by atoms with E-state index in [1.165, 1.54) is 6.07 Å². The number of rotatable bonds is 7. The van der Waals surface area contributed by atoms with Crippen molar-refractivity contribution in [1.82, 2.24) is 9.80 Å². The maximum Gasteiger partial charge on any atom is 0.292 e. The predicted molar refractivity (Wildman–Crippen MR) is 81.8 cm³/mol. The zero-order valence-electron chi connectivity index (χ0n) is 12.7. The molecule has 0 bridgehead atoms. The molecule has 2 N–H and O–H groups in total. The van der Waals surface area contributed by atoms with E-state index < -0.39 is 4.92 Å². The number of nitro benzene ring substituents is 1. The molecule has 1 amide bonds. The topological polar surface area (TPSA) is 92.7 Å². The molecule has 0 saturated carbocycles. The van der Waals surface area contributed by atoms with Crippen LogP contribution in [0.5, 0.6) is 0 Å². The summed E-state index contributed by atoms with van der Waals surface area (Å²) in [6.07, 6.45) is 0.920. The highest BCUT2D eigenvalue weighted by atomic mass is 16.6. The number of nitrogen functional groups attached to an aromatic ring is 1. The lowest BCUT2D eigenvalue weighted by Gasteiger charge is -2.23. The fourth-order valence-electron chi connectivity index (χ4n) is 1.99. The number of amides is 1. The van der Waals surface area contributed by atoms with Crippen molar-refractivity contribution >= 4 is 17.3 Å². The van der Waals surface area contributed by atoms with Gasteiger partial charge in [0.05, 0.1) is 11.5 Å². The third-order valence-corrected chi connectivity index (χ3v) is 3.09.